The van der Waals surface area contributed by atoms with Gasteiger partial charge in [-0.2, -0.15) is 0 Å². The molecule has 10 rings (SSSR count). The van der Waals surface area contributed by atoms with Gasteiger partial charge in [0.15, 0.2) is 0 Å². The van der Waals surface area contributed by atoms with Crippen LogP contribution in [0.4, 0.5) is 17.1 Å². The van der Waals surface area contributed by atoms with Crippen LogP contribution in [0.5, 0.6) is 0 Å². The van der Waals surface area contributed by atoms with Crippen LogP contribution in [0.2, 0.25) is 0 Å². The summed E-state index contributed by atoms with van der Waals surface area (Å²) in [4.78, 5) is 2.52. The van der Waals surface area contributed by atoms with E-state index in [0.29, 0.717) is 0 Å². The van der Waals surface area contributed by atoms with Gasteiger partial charge < -0.3 is 4.90 Å². The van der Waals surface area contributed by atoms with Gasteiger partial charge >= 0.3 is 0 Å². The number of hydrogen-bond acceptors (Lipinski definition) is 2. The summed E-state index contributed by atoms with van der Waals surface area (Å²) in [6.07, 6.45) is 0. The Morgan fingerprint density at radius 2 is 1.04 bits per heavy atom. The highest BCUT2D eigenvalue weighted by Crippen LogP contribution is 2.55. The van der Waals surface area contributed by atoms with Crippen LogP contribution in [-0.4, -0.2) is 0 Å². The molecule has 1 aliphatic carbocycles. The molecule has 242 valence electrons. The van der Waals surface area contributed by atoms with Crippen molar-refractivity contribution in [2.24, 2.45) is 0 Å². The molecule has 51 heavy (non-hydrogen) atoms. The average molecular weight is 670 g/mol. The zero-order valence-electron chi connectivity index (χ0n) is 28.6. The van der Waals surface area contributed by atoms with Gasteiger partial charge in [0.05, 0.1) is 11.4 Å². The minimum atomic E-state index is -0.137. The third-order valence-electron chi connectivity index (χ3n) is 10.9. The maximum Gasteiger partial charge on any atom is 0.0543 e. The molecule has 1 nitrogen and oxygen atoms in total. The smallest absolute Gasteiger partial charge is 0.0543 e. The van der Waals surface area contributed by atoms with Gasteiger partial charge in [0, 0.05) is 42.2 Å². The molecule has 0 bridgehead atoms. The fraction of sp³-hybridized carbons (Fsp3) is 0.0612. The number of hydrogen-bond donors (Lipinski definition) is 0. The van der Waals surface area contributed by atoms with Gasteiger partial charge in [0.25, 0.3) is 0 Å². The van der Waals surface area contributed by atoms with E-state index in [0.717, 1.165) is 5.69 Å². The van der Waals surface area contributed by atoms with E-state index < -0.39 is 0 Å². The van der Waals surface area contributed by atoms with Crippen molar-refractivity contribution < 1.29 is 0 Å². The second-order valence-corrected chi connectivity index (χ2v) is 15.2. The molecule has 0 atom stereocenters. The lowest BCUT2D eigenvalue weighted by Gasteiger charge is -2.30. The highest BCUT2D eigenvalue weighted by Gasteiger charge is 2.38. The standard InChI is InChI=1S/C49H35NS/c1-49(2)42-26-23-35(32-13-5-3-6-14-32)30-41(42)48-43(49)20-12-22-45(48)50(44-21-11-18-34-17-9-10-19-38(34)44)37-25-28-47-40(31-37)39-29-36(24-27-46(39)51-47)33-15-7-4-8-16-33/h3-31H,1-2H3. The molecule has 8 aromatic carbocycles. The number of rotatable bonds is 5. The summed E-state index contributed by atoms with van der Waals surface area (Å²) in [7, 11) is 0. The summed E-state index contributed by atoms with van der Waals surface area (Å²) in [5, 5.41) is 5.05. The quantitative estimate of drug-likeness (QED) is 0.176. The van der Waals surface area contributed by atoms with Crippen molar-refractivity contribution in [2.45, 2.75) is 19.3 Å². The van der Waals surface area contributed by atoms with Crippen molar-refractivity contribution in [3.8, 4) is 33.4 Å². The predicted octanol–water partition coefficient (Wildman–Crippen LogP) is 14.3. The Kier molecular flexibility index (Phi) is 6.78. The Morgan fingerprint density at radius 1 is 0.431 bits per heavy atom. The van der Waals surface area contributed by atoms with Gasteiger partial charge in [-0.15, -0.1) is 11.3 Å². The molecule has 0 saturated carbocycles. The minimum absolute atomic E-state index is 0.137. The summed E-state index contributed by atoms with van der Waals surface area (Å²) in [6.45, 7) is 4.75. The maximum absolute atomic E-state index is 2.52. The van der Waals surface area contributed by atoms with E-state index in [2.05, 4.69) is 195 Å². The molecule has 0 N–H and O–H groups in total. The average Bonchev–Trinajstić information content (AvgIpc) is 3.66. The Bertz CT molecular complexity index is 2770. The fourth-order valence-electron chi connectivity index (χ4n) is 8.31. The number of nitrogens with zero attached hydrogens (tertiary/aromatic N) is 1. The van der Waals surface area contributed by atoms with Gasteiger partial charge in [-0.25, -0.2) is 0 Å². The largest absolute Gasteiger partial charge is 0.309 e. The third kappa shape index (κ3) is 4.75. The Morgan fingerprint density at radius 3 is 1.82 bits per heavy atom. The van der Waals surface area contributed by atoms with Gasteiger partial charge in [-0.05, 0) is 92.9 Å². The van der Waals surface area contributed by atoms with E-state index in [1.165, 1.54) is 86.8 Å². The number of fused-ring (bicyclic) bond motifs is 7. The normalized spacial score (nSPS) is 13.1. The SMILES string of the molecule is CC1(C)c2ccc(-c3ccccc3)cc2-c2c(N(c3ccc4sc5ccc(-c6ccccc6)cc5c4c3)c3cccc4ccccc34)cccc21. The van der Waals surface area contributed by atoms with Crippen molar-refractivity contribution in [1.82, 2.24) is 0 Å². The van der Waals surface area contributed by atoms with Crippen LogP contribution < -0.4 is 4.90 Å². The van der Waals surface area contributed by atoms with Gasteiger partial charge in [0.1, 0.15) is 0 Å². The van der Waals surface area contributed by atoms with Crippen LogP contribution in [-0.2, 0) is 5.41 Å². The summed E-state index contributed by atoms with van der Waals surface area (Å²) in [6, 6.07) is 64.9. The zero-order valence-corrected chi connectivity index (χ0v) is 29.4. The molecule has 9 aromatic rings. The monoisotopic (exact) mass is 669 g/mol. The van der Waals surface area contributed by atoms with E-state index in [9.17, 15) is 0 Å². The van der Waals surface area contributed by atoms with E-state index in [-0.39, 0.29) is 5.41 Å². The van der Waals surface area contributed by atoms with Gasteiger partial charge in [-0.3, -0.25) is 0 Å². The van der Waals surface area contributed by atoms with Crippen LogP contribution in [0, 0.1) is 0 Å². The highest BCUT2D eigenvalue weighted by molar-refractivity contribution is 7.25. The minimum Gasteiger partial charge on any atom is -0.309 e. The molecule has 1 aromatic heterocycles. The molecule has 0 saturated heterocycles. The molecule has 0 fully saturated rings. The summed E-state index contributed by atoms with van der Waals surface area (Å²) < 4.78 is 2.61. The number of anilines is 3. The first-order valence-electron chi connectivity index (χ1n) is 17.7. The molecule has 0 unspecified atom stereocenters. The first-order valence-corrected chi connectivity index (χ1v) is 18.5. The summed E-state index contributed by atoms with van der Waals surface area (Å²) in [5.74, 6) is 0. The predicted molar refractivity (Wildman–Crippen MR) is 220 cm³/mol. The van der Waals surface area contributed by atoms with Crippen LogP contribution in [0.15, 0.2) is 176 Å². The Hall–Kier alpha value is -5.96. The van der Waals surface area contributed by atoms with Crippen molar-refractivity contribution in [1.29, 1.82) is 0 Å². The molecule has 0 aliphatic heterocycles. The lowest BCUT2D eigenvalue weighted by molar-refractivity contribution is 0.660. The molecule has 1 heterocycles. The third-order valence-corrected chi connectivity index (χ3v) is 12.0. The zero-order chi connectivity index (χ0) is 34.1. The molecule has 0 spiro atoms. The van der Waals surface area contributed by atoms with Crippen molar-refractivity contribution in [3.63, 3.8) is 0 Å². The molecular formula is C49H35NS. The van der Waals surface area contributed by atoms with Gasteiger partial charge in [0.2, 0.25) is 0 Å². The molecular weight excluding hydrogens is 635 g/mol. The summed E-state index contributed by atoms with van der Waals surface area (Å²) >= 11 is 1.87. The van der Waals surface area contributed by atoms with E-state index in [1.807, 2.05) is 11.3 Å². The van der Waals surface area contributed by atoms with E-state index >= 15 is 0 Å². The second-order valence-electron chi connectivity index (χ2n) is 14.1. The van der Waals surface area contributed by atoms with Crippen molar-refractivity contribution in [3.05, 3.63) is 187 Å². The number of benzene rings is 8. The molecule has 1 aliphatic rings. The maximum atomic E-state index is 2.52. The van der Waals surface area contributed by atoms with Gasteiger partial charge in [-0.1, -0.05) is 141 Å². The van der Waals surface area contributed by atoms with E-state index in [4.69, 9.17) is 0 Å². The van der Waals surface area contributed by atoms with Crippen LogP contribution in [0.1, 0.15) is 25.0 Å². The second kappa shape index (κ2) is 11.6. The lowest BCUT2D eigenvalue weighted by atomic mass is 9.82. The van der Waals surface area contributed by atoms with Crippen LogP contribution in [0.3, 0.4) is 0 Å². The first kappa shape index (κ1) is 29.9. The molecule has 0 radical (unpaired) electrons. The van der Waals surface area contributed by atoms with E-state index in [1.54, 1.807) is 0 Å². The van der Waals surface area contributed by atoms with Crippen molar-refractivity contribution in [2.75, 3.05) is 4.90 Å². The van der Waals surface area contributed by atoms with Crippen molar-refractivity contribution >= 4 is 59.3 Å². The Labute approximate surface area is 302 Å². The van der Waals surface area contributed by atoms with Crippen LogP contribution in [0.25, 0.3) is 64.3 Å². The highest BCUT2D eigenvalue weighted by atomic mass is 32.1. The topological polar surface area (TPSA) is 3.24 Å². The molecule has 0 amide bonds. The lowest BCUT2D eigenvalue weighted by Crippen LogP contribution is -2.16. The molecule has 2 heteroatoms. The number of thiophene rings is 1. The van der Waals surface area contributed by atoms with Crippen LogP contribution >= 0.6 is 11.3 Å². The Balaban J connectivity index is 1.24. The fourth-order valence-corrected chi connectivity index (χ4v) is 9.37. The first-order chi connectivity index (χ1) is 25.0. The summed E-state index contributed by atoms with van der Waals surface area (Å²) in [5.41, 5.74) is 13.7.